The molecular weight excluding hydrogens is 252 g/mol. The number of carboxylic acid groups (broad SMARTS) is 1. The van der Waals surface area contributed by atoms with Crippen molar-refractivity contribution in [2.45, 2.75) is 45.7 Å². The third kappa shape index (κ3) is 6.86. The molecule has 0 aromatic heterocycles. The zero-order valence-corrected chi connectivity index (χ0v) is 12.3. The van der Waals surface area contributed by atoms with E-state index in [1.807, 2.05) is 27.0 Å². The van der Waals surface area contributed by atoms with Gasteiger partial charge in [-0.25, -0.2) is 0 Å². The number of rotatable bonds is 7. The van der Waals surface area contributed by atoms with E-state index in [0.717, 1.165) is 5.75 Å². The molecule has 18 heavy (non-hydrogen) atoms. The first kappa shape index (κ1) is 17.2. The van der Waals surface area contributed by atoms with E-state index in [1.165, 1.54) is 0 Å². The molecule has 1 amide bonds. The summed E-state index contributed by atoms with van der Waals surface area (Å²) in [6.45, 7) is 5.69. The highest BCUT2D eigenvalue weighted by atomic mass is 32.2. The number of aliphatic carboxylic acids is 1. The Bertz CT molecular complexity index is 290. The highest BCUT2D eigenvalue weighted by Gasteiger charge is 2.29. The average Bonchev–Trinajstić information content (AvgIpc) is 2.22. The van der Waals surface area contributed by atoms with Gasteiger partial charge in [0.15, 0.2) is 0 Å². The van der Waals surface area contributed by atoms with Crippen LogP contribution in [-0.2, 0) is 9.59 Å². The van der Waals surface area contributed by atoms with Crippen LogP contribution in [-0.4, -0.2) is 41.1 Å². The Morgan fingerprint density at radius 3 is 2.33 bits per heavy atom. The van der Waals surface area contributed by atoms with Gasteiger partial charge < -0.3 is 16.2 Å². The Balaban J connectivity index is 4.48. The van der Waals surface area contributed by atoms with Crippen LogP contribution in [0.1, 0.15) is 33.6 Å². The molecule has 1 unspecified atom stereocenters. The number of carbonyl (C=O) groups excluding carboxylic acids is 1. The number of carbonyl (C=O) groups is 2. The Hall–Kier alpha value is -0.750. The Morgan fingerprint density at radius 2 is 1.94 bits per heavy atom. The normalized spacial score (nSPS) is 14.9. The zero-order chi connectivity index (χ0) is 14.3. The lowest BCUT2D eigenvalue weighted by molar-refractivity contribution is -0.138. The van der Waals surface area contributed by atoms with Crippen LogP contribution in [0.4, 0.5) is 0 Å². The lowest BCUT2D eigenvalue weighted by Crippen LogP contribution is -2.50. The maximum Gasteiger partial charge on any atom is 0.305 e. The van der Waals surface area contributed by atoms with Gasteiger partial charge in [0, 0.05) is 6.04 Å². The van der Waals surface area contributed by atoms with Crippen molar-refractivity contribution in [3.63, 3.8) is 0 Å². The van der Waals surface area contributed by atoms with Crippen LogP contribution in [0, 0.1) is 5.41 Å². The van der Waals surface area contributed by atoms with Gasteiger partial charge in [-0.1, -0.05) is 20.8 Å². The van der Waals surface area contributed by atoms with Gasteiger partial charge in [0.05, 0.1) is 12.5 Å². The molecule has 0 saturated carbocycles. The minimum absolute atomic E-state index is 0.0928. The summed E-state index contributed by atoms with van der Waals surface area (Å²) in [6.07, 6.45) is 2.45. The van der Waals surface area contributed by atoms with Crippen LogP contribution >= 0.6 is 11.8 Å². The molecule has 0 rings (SSSR count). The number of thioether (sulfide) groups is 1. The van der Waals surface area contributed by atoms with E-state index < -0.39 is 18.1 Å². The first-order valence-electron chi connectivity index (χ1n) is 5.95. The van der Waals surface area contributed by atoms with E-state index in [2.05, 4.69) is 5.32 Å². The molecule has 0 saturated heterocycles. The molecule has 0 spiro atoms. The van der Waals surface area contributed by atoms with Crippen molar-refractivity contribution in [2.24, 2.45) is 11.1 Å². The van der Waals surface area contributed by atoms with Crippen LogP contribution in [0.5, 0.6) is 0 Å². The minimum atomic E-state index is -0.923. The van der Waals surface area contributed by atoms with E-state index in [1.54, 1.807) is 11.8 Å². The Kier molecular flexibility index (Phi) is 7.32. The second kappa shape index (κ2) is 7.63. The van der Waals surface area contributed by atoms with E-state index in [0.29, 0.717) is 6.42 Å². The smallest absolute Gasteiger partial charge is 0.305 e. The molecule has 106 valence electrons. The van der Waals surface area contributed by atoms with Gasteiger partial charge >= 0.3 is 5.97 Å². The molecule has 0 aliphatic rings. The fourth-order valence-electron chi connectivity index (χ4n) is 1.40. The van der Waals surface area contributed by atoms with Crippen LogP contribution in [0.25, 0.3) is 0 Å². The van der Waals surface area contributed by atoms with E-state index in [4.69, 9.17) is 10.8 Å². The lowest BCUT2D eigenvalue weighted by Gasteiger charge is -2.31. The number of nitrogens with one attached hydrogen (secondary N) is 1. The standard InChI is InChI=1S/C12H24N2O3S/c1-12(2,3)9(7-10(15)16)14-11(17)8(13)5-6-18-4/h8-9H,5-7,13H2,1-4H3,(H,14,17)(H,15,16)/t8-,9?/m1/s1. The van der Waals surface area contributed by atoms with E-state index in [9.17, 15) is 9.59 Å². The van der Waals surface area contributed by atoms with Gasteiger partial charge in [-0.3, -0.25) is 9.59 Å². The van der Waals surface area contributed by atoms with Crippen LogP contribution in [0.2, 0.25) is 0 Å². The maximum absolute atomic E-state index is 11.8. The Labute approximate surface area is 113 Å². The van der Waals surface area contributed by atoms with Crippen molar-refractivity contribution >= 4 is 23.6 Å². The second-order valence-corrected chi connectivity index (χ2v) is 6.40. The molecule has 6 heteroatoms. The van der Waals surface area contributed by atoms with Crippen molar-refractivity contribution < 1.29 is 14.7 Å². The molecule has 5 nitrogen and oxygen atoms in total. The molecule has 4 N–H and O–H groups in total. The van der Waals surface area contributed by atoms with Gasteiger partial charge in [0.25, 0.3) is 0 Å². The average molecular weight is 276 g/mol. The van der Waals surface area contributed by atoms with E-state index >= 15 is 0 Å². The largest absolute Gasteiger partial charge is 0.481 e. The predicted octanol–water partition coefficient (Wildman–Crippen LogP) is 1.07. The number of carboxylic acids is 1. The summed E-state index contributed by atoms with van der Waals surface area (Å²) in [5.74, 6) is -0.383. The third-order valence-corrected chi connectivity index (χ3v) is 3.35. The quantitative estimate of drug-likeness (QED) is 0.647. The number of nitrogens with two attached hydrogens (primary N) is 1. The van der Waals surface area contributed by atoms with Crippen molar-refractivity contribution in [1.82, 2.24) is 5.32 Å². The van der Waals surface area contributed by atoms with Gasteiger partial charge in [-0.05, 0) is 23.8 Å². The number of amides is 1. The summed E-state index contributed by atoms with van der Waals surface area (Å²) < 4.78 is 0. The highest BCUT2D eigenvalue weighted by molar-refractivity contribution is 7.98. The molecule has 2 atom stereocenters. The monoisotopic (exact) mass is 276 g/mol. The number of hydrogen-bond acceptors (Lipinski definition) is 4. The SMILES string of the molecule is CSCC[C@@H](N)C(=O)NC(CC(=O)O)C(C)(C)C. The maximum atomic E-state index is 11.8. The second-order valence-electron chi connectivity index (χ2n) is 5.41. The van der Waals surface area contributed by atoms with Crippen molar-refractivity contribution in [3.05, 3.63) is 0 Å². The van der Waals surface area contributed by atoms with Crippen molar-refractivity contribution in [3.8, 4) is 0 Å². The van der Waals surface area contributed by atoms with Gasteiger partial charge in [0.1, 0.15) is 0 Å². The molecule has 0 aromatic rings. The summed E-state index contributed by atoms with van der Waals surface area (Å²) in [6, 6.07) is -0.987. The minimum Gasteiger partial charge on any atom is -0.481 e. The van der Waals surface area contributed by atoms with Crippen LogP contribution in [0.3, 0.4) is 0 Å². The van der Waals surface area contributed by atoms with Gasteiger partial charge in [-0.2, -0.15) is 11.8 Å². The molecular formula is C12H24N2O3S. The number of hydrogen-bond donors (Lipinski definition) is 3. The molecule has 0 heterocycles. The van der Waals surface area contributed by atoms with E-state index in [-0.39, 0.29) is 17.7 Å². The molecule has 0 radical (unpaired) electrons. The van der Waals surface area contributed by atoms with Crippen LogP contribution in [0.15, 0.2) is 0 Å². The molecule has 0 aliphatic carbocycles. The molecule has 0 aromatic carbocycles. The van der Waals surface area contributed by atoms with Crippen LogP contribution < -0.4 is 11.1 Å². The topological polar surface area (TPSA) is 92.4 Å². The fraction of sp³-hybridized carbons (Fsp3) is 0.833. The molecule has 0 bridgehead atoms. The predicted molar refractivity (Wildman–Crippen MR) is 74.6 cm³/mol. The first-order valence-corrected chi connectivity index (χ1v) is 7.34. The molecule has 0 fully saturated rings. The summed E-state index contributed by atoms with van der Waals surface area (Å²) in [7, 11) is 0. The Morgan fingerprint density at radius 1 is 1.39 bits per heavy atom. The van der Waals surface area contributed by atoms with Gasteiger partial charge in [0.2, 0.25) is 5.91 Å². The molecule has 0 aliphatic heterocycles. The summed E-state index contributed by atoms with van der Waals surface area (Å²) >= 11 is 1.63. The zero-order valence-electron chi connectivity index (χ0n) is 11.5. The van der Waals surface area contributed by atoms with Crippen molar-refractivity contribution in [1.29, 1.82) is 0 Å². The van der Waals surface area contributed by atoms with Crippen molar-refractivity contribution in [2.75, 3.05) is 12.0 Å². The fourth-order valence-corrected chi connectivity index (χ4v) is 1.89. The highest BCUT2D eigenvalue weighted by Crippen LogP contribution is 2.22. The first-order chi connectivity index (χ1) is 8.18. The summed E-state index contributed by atoms with van der Waals surface area (Å²) in [5.41, 5.74) is 5.44. The summed E-state index contributed by atoms with van der Waals surface area (Å²) in [5, 5.41) is 11.6. The lowest BCUT2D eigenvalue weighted by atomic mass is 9.84. The summed E-state index contributed by atoms with van der Waals surface area (Å²) in [4.78, 5) is 22.6. The van der Waals surface area contributed by atoms with Gasteiger partial charge in [-0.15, -0.1) is 0 Å². The third-order valence-electron chi connectivity index (χ3n) is 2.71.